The summed E-state index contributed by atoms with van der Waals surface area (Å²) in [5, 5.41) is 0.427. The van der Waals surface area contributed by atoms with E-state index in [-0.39, 0.29) is 0 Å². The van der Waals surface area contributed by atoms with Crippen LogP contribution in [0, 0.1) is 0 Å². The maximum atomic E-state index is 11.9. The Morgan fingerprint density at radius 2 is 1.78 bits per heavy atom. The summed E-state index contributed by atoms with van der Waals surface area (Å²) in [6, 6.07) is 14.3. The minimum Gasteiger partial charge on any atom is -0.421 e. The summed E-state index contributed by atoms with van der Waals surface area (Å²) < 4.78 is 5.23. The number of rotatable bonds is 3. The Morgan fingerprint density at radius 3 is 2.39 bits per heavy atom. The molecule has 2 nitrogen and oxygen atoms in total. The van der Waals surface area contributed by atoms with Gasteiger partial charge in [0, 0.05) is 0 Å². The number of benzene rings is 2. The van der Waals surface area contributed by atoms with E-state index in [0.717, 1.165) is 6.42 Å². The highest BCUT2D eigenvalue weighted by Gasteiger charge is 2.10. The Labute approximate surface area is 111 Å². The van der Waals surface area contributed by atoms with Gasteiger partial charge in [-0.1, -0.05) is 42.8 Å². The number of hydrogen-bond donors (Lipinski definition) is 0. The lowest BCUT2D eigenvalue weighted by Crippen LogP contribution is -2.08. The topological polar surface area (TPSA) is 26.3 Å². The molecule has 92 valence electrons. The molecular weight excluding hydrogens is 248 g/mol. The lowest BCUT2D eigenvalue weighted by molar-refractivity contribution is 0.0735. The third-order valence-electron chi connectivity index (χ3n) is 2.64. The Bertz CT molecular complexity index is 547. The van der Waals surface area contributed by atoms with E-state index < -0.39 is 5.97 Å². The molecule has 0 aliphatic rings. The van der Waals surface area contributed by atoms with Gasteiger partial charge in [-0.05, 0) is 36.2 Å². The molecule has 2 aromatic rings. The monoisotopic (exact) mass is 260 g/mol. The van der Waals surface area contributed by atoms with Crippen molar-refractivity contribution in [1.82, 2.24) is 0 Å². The summed E-state index contributed by atoms with van der Waals surface area (Å²) in [4.78, 5) is 11.9. The maximum absolute atomic E-state index is 11.9. The van der Waals surface area contributed by atoms with Crippen molar-refractivity contribution in [2.75, 3.05) is 0 Å². The average Bonchev–Trinajstić information content (AvgIpc) is 2.41. The third-order valence-corrected chi connectivity index (χ3v) is 2.95. The number of ether oxygens (including phenoxy) is 1. The molecule has 0 bridgehead atoms. The van der Waals surface area contributed by atoms with Gasteiger partial charge in [0.25, 0.3) is 0 Å². The van der Waals surface area contributed by atoms with Crippen LogP contribution in [0.4, 0.5) is 0 Å². The summed E-state index contributed by atoms with van der Waals surface area (Å²) in [6.07, 6.45) is 0.944. The highest BCUT2D eigenvalue weighted by Crippen LogP contribution is 2.24. The third kappa shape index (κ3) is 2.90. The van der Waals surface area contributed by atoms with E-state index >= 15 is 0 Å². The summed E-state index contributed by atoms with van der Waals surface area (Å²) in [5.74, 6) is -0.0190. The number of para-hydroxylation sites is 1. The molecule has 0 aromatic heterocycles. The first-order chi connectivity index (χ1) is 8.70. The number of esters is 1. The van der Waals surface area contributed by atoms with Crippen LogP contribution in [0.2, 0.25) is 5.02 Å². The van der Waals surface area contributed by atoms with Crippen LogP contribution in [0.15, 0.2) is 48.5 Å². The summed E-state index contributed by atoms with van der Waals surface area (Å²) in [6.45, 7) is 2.07. The van der Waals surface area contributed by atoms with Crippen LogP contribution >= 0.6 is 11.6 Å². The molecule has 0 aliphatic heterocycles. The number of aryl methyl sites for hydroxylation is 1. The van der Waals surface area contributed by atoms with E-state index in [1.807, 2.05) is 12.1 Å². The lowest BCUT2D eigenvalue weighted by atomic mass is 10.1. The predicted octanol–water partition coefficient (Wildman–Crippen LogP) is 4.12. The Kier molecular flexibility index (Phi) is 4.00. The van der Waals surface area contributed by atoms with Crippen molar-refractivity contribution in [3.8, 4) is 5.75 Å². The first kappa shape index (κ1) is 12.7. The number of carbonyl (C=O) groups is 1. The van der Waals surface area contributed by atoms with Crippen LogP contribution < -0.4 is 4.74 Å². The largest absolute Gasteiger partial charge is 0.421 e. The van der Waals surface area contributed by atoms with Gasteiger partial charge in [-0.2, -0.15) is 0 Å². The van der Waals surface area contributed by atoms with E-state index in [9.17, 15) is 4.79 Å². The molecule has 0 radical (unpaired) electrons. The molecule has 2 rings (SSSR count). The zero-order chi connectivity index (χ0) is 13.0. The molecule has 0 atom stereocenters. The number of carbonyl (C=O) groups excluding carboxylic acids is 1. The van der Waals surface area contributed by atoms with Crippen LogP contribution in [0.3, 0.4) is 0 Å². The highest BCUT2D eigenvalue weighted by atomic mass is 35.5. The van der Waals surface area contributed by atoms with Gasteiger partial charge in [0.2, 0.25) is 0 Å². The van der Waals surface area contributed by atoms with Gasteiger partial charge in [-0.25, -0.2) is 4.79 Å². The normalized spacial score (nSPS) is 10.1. The molecule has 0 heterocycles. The van der Waals surface area contributed by atoms with Gasteiger partial charge in [-0.3, -0.25) is 0 Å². The van der Waals surface area contributed by atoms with Gasteiger partial charge in [0.05, 0.1) is 10.6 Å². The van der Waals surface area contributed by atoms with E-state index in [1.54, 1.807) is 36.4 Å². The molecule has 0 saturated carbocycles. The summed E-state index contributed by atoms with van der Waals surface area (Å²) in [7, 11) is 0. The highest BCUT2D eigenvalue weighted by molar-refractivity contribution is 6.32. The van der Waals surface area contributed by atoms with E-state index in [4.69, 9.17) is 16.3 Å². The fraction of sp³-hybridized carbons (Fsp3) is 0.133. The summed E-state index contributed by atoms with van der Waals surface area (Å²) in [5.41, 5.74) is 1.71. The van der Waals surface area contributed by atoms with Crippen molar-refractivity contribution in [3.05, 3.63) is 64.7 Å². The fourth-order valence-electron chi connectivity index (χ4n) is 1.56. The zero-order valence-corrected chi connectivity index (χ0v) is 10.8. The van der Waals surface area contributed by atoms with Crippen LogP contribution in [0.25, 0.3) is 0 Å². The second-order valence-electron chi connectivity index (χ2n) is 3.87. The molecule has 0 fully saturated rings. The van der Waals surface area contributed by atoms with Gasteiger partial charge < -0.3 is 4.74 Å². The maximum Gasteiger partial charge on any atom is 0.343 e. The Balaban J connectivity index is 2.14. The molecule has 0 saturated heterocycles. The van der Waals surface area contributed by atoms with Gasteiger partial charge in [0.1, 0.15) is 5.75 Å². The molecule has 0 N–H and O–H groups in total. The minimum atomic E-state index is -0.397. The van der Waals surface area contributed by atoms with Crippen molar-refractivity contribution >= 4 is 17.6 Å². The van der Waals surface area contributed by atoms with Crippen LogP contribution in [-0.2, 0) is 6.42 Å². The van der Waals surface area contributed by atoms with Crippen LogP contribution in [0.1, 0.15) is 22.8 Å². The standard InChI is InChI=1S/C15H13ClO2/c1-2-11-7-9-12(10-8-11)15(17)18-14-6-4-3-5-13(14)16/h3-10H,2H2,1H3. The van der Waals surface area contributed by atoms with Crippen LogP contribution in [0.5, 0.6) is 5.75 Å². The van der Waals surface area contributed by atoms with Gasteiger partial charge in [-0.15, -0.1) is 0 Å². The van der Waals surface area contributed by atoms with Crippen molar-refractivity contribution in [3.63, 3.8) is 0 Å². The smallest absolute Gasteiger partial charge is 0.343 e. The Hall–Kier alpha value is -1.80. The van der Waals surface area contributed by atoms with Crippen molar-refractivity contribution in [2.24, 2.45) is 0 Å². The predicted molar refractivity (Wildman–Crippen MR) is 72.2 cm³/mol. The second-order valence-corrected chi connectivity index (χ2v) is 4.28. The fourth-order valence-corrected chi connectivity index (χ4v) is 1.74. The Morgan fingerprint density at radius 1 is 1.11 bits per heavy atom. The van der Waals surface area contributed by atoms with E-state index in [2.05, 4.69) is 6.92 Å². The molecule has 3 heteroatoms. The second kappa shape index (κ2) is 5.69. The number of hydrogen-bond acceptors (Lipinski definition) is 2. The molecule has 0 unspecified atom stereocenters. The first-order valence-corrected chi connectivity index (χ1v) is 6.14. The molecule has 18 heavy (non-hydrogen) atoms. The first-order valence-electron chi connectivity index (χ1n) is 5.76. The molecule has 2 aromatic carbocycles. The number of halogens is 1. The van der Waals surface area contributed by atoms with Crippen molar-refractivity contribution in [1.29, 1.82) is 0 Å². The van der Waals surface area contributed by atoms with Crippen molar-refractivity contribution < 1.29 is 9.53 Å². The molecule has 0 amide bonds. The quantitative estimate of drug-likeness (QED) is 0.613. The van der Waals surface area contributed by atoms with Crippen molar-refractivity contribution in [2.45, 2.75) is 13.3 Å². The lowest BCUT2D eigenvalue weighted by Gasteiger charge is -2.06. The molecule has 0 aliphatic carbocycles. The van der Waals surface area contributed by atoms with Gasteiger partial charge >= 0.3 is 5.97 Å². The molecule has 0 spiro atoms. The zero-order valence-electron chi connectivity index (χ0n) is 10.0. The van der Waals surface area contributed by atoms with E-state index in [0.29, 0.717) is 16.3 Å². The van der Waals surface area contributed by atoms with Crippen LogP contribution in [-0.4, -0.2) is 5.97 Å². The van der Waals surface area contributed by atoms with E-state index in [1.165, 1.54) is 5.56 Å². The summed E-state index contributed by atoms with van der Waals surface area (Å²) >= 11 is 5.93. The van der Waals surface area contributed by atoms with Gasteiger partial charge in [0.15, 0.2) is 0 Å². The molecular formula is C15H13ClO2. The average molecular weight is 261 g/mol. The SMILES string of the molecule is CCc1ccc(C(=O)Oc2ccccc2Cl)cc1. The minimum absolute atomic E-state index is 0.378.